The number of aromatic nitrogens is 1. The number of anilines is 1. The molecule has 5 rings (SSSR count). The van der Waals surface area contributed by atoms with Crippen LogP contribution in [-0.4, -0.2) is 62.4 Å². The average Bonchev–Trinajstić information content (AvgIpc) is 3.44. The number of Topliss-reactive ketones (excluding diaryl/α,β-unsaturated/α-hetero) is 1. The van der Waals surface area contributed by atoms with Gasteiger partial charge in [-0.2, -0.15) is 4.31 Å². The molecule has 1 atom stereocenters. The first-order chi connectivity index (χ1) is 17.9. The van der Waals surface area contributed by atoms with E-state index in [4.69, 9.17) is 4.74 Å². The van der Waals surface area contributed by atoms with Gasteiger partial charge < -0.3 is 9.64 Å². The van der Waals surface area contributed by atoms with Crippen molar-refractivity contribution < 1.29 is 22.3 Å². The van der Waals surface area contributed by atoms with Crippen LogP contribution < -0.4 is 4.90 Å². The van der Waals surface area contributed by atoms with E-state index in [1.165, 1.54) is 16.4 Å². The van der Waals surface area contributed by atoms with Crippen molar-refractivity contribution in [3.8, 4) is 11.1 Å². The van der Waals surface area contributed by atoms with Crippen LogP contribution in [0.2, 0.25) is 0 Å². The van der Waals surface area contributed by atoms with Crippen LogP contribution in [-0.2, 0) is 26.0 Å². The maximum Gasteiger partial charge on any atom is 0.243 e. The summed E-state index contributed by atoms with van der Waals surface area (Å²) >= 11 is 0. The van der Waals surface area contributed by atoms with E-state index < -0.39 is 21.9 Å². The average molecular weight is 524 g/mol. The van der Waals surface area contributed by atoms with Gasteiger partial charge in [0, 0.05) is 37.8 Å². The third kappa shape index (κ3) is 5.74. The number of rotatable bonds is 8. The number of nitrogens with zero attached hydrogens (tertiary/aromatic N) is 3. The molecule has 2 saturated heterocycles. The third-order valence-corrected chi connectivity index (χ3v) is 8.92. The molecule has 2 fully saturated rings. The van der Waals surface area contributed by atoms with Gasteiger partial charge in [-0.05, 0) is 66.8 Å². The van der Waals surface area contributed by atoms with Crippen molar-refractivity contribution in [1.82, 2.24) is 9.29 Å². The summed E-state index contributed by atoms with van der Waals surface area (Å²) in [6.45, 7) is 3.37. The highest BCUT2D eigenvalue weighted by Crippen LogP contribution is 2.28. The fraction of sp³-hybridized carbons (Fsp3) is 0.357. The molecule has 0 N–H and O–H groups in total. The van der Waals surface area contributed by atoms with Crippen molar-refractivity contribution in [3.05, 3.63) is 78.2 Å². The van der Waals surface area contributed by atoms with Gasteiger partial charge in [-0.3, -0.25) is 4.79 Å². The quantitative estimate of drug-likeness (QED) is 0.443. The Morgan fingerprint density at radius 3 is 2.51 bits per heavy atom. The van der Waals surface area contributed by atoms with Gasteiger partial charge in [0.15, 0.2) is 5.78 Å². The Labute approximate surface area is 216 Å². The lowest BCUT2D eigenvalue weighted by molar-refractivity contribution is -0.122. The lowest BCUT2D eigenvalue weighted by Crippen LogP contribution is -2.40. The van der Waals surface area contributed by atoms with E-state index in [9.17, 15) is 17.6 Å². The van der Waals surface area contributed by atoms with Gasteiger partial charge in [-0.25, -0.2) is 17.8 Å². The van der Waals surface area contributed by atoms with Crippen LogP contribution in [0.4, 0.5) is 10.2 Å². The maximum atomic E-state index is 13.3. The van der Waals surface area contributed by atoms with Gasteiger partial charge in [0.2, 0.25) is 10.0 Å². The number of ketones is 1. The molecule has 0 unspecified atom stereocenters. The highest BCUT2D eigenvalue weighted by atomic mass is 32.2. The molecule has 37 heavy (non-hydrogen) atoms. The summed E-state index contributed by atoms with van der Waals surface area (Å²) in [6, 6.07) is 16.2. The summed E-state index contributed by atoms with van der Waals surface area (Å²) < 4.78 is 46.2. The number of sulfonamides is 1. The van der Waals surface area contributed by atoms with Crippen molar-refractivity contribution in [3.63, 3.8) is 0 Å². The van der Waals surface area contributed by atoms with Crippen LogP contribution in [0.1, 0.15) is 24.8 Å². The van der Waals surface area contributed by atoms with Gasteiger partial charge in [-0.1, -0.05) is 24.3 Å². The predicted molar refractivity (Wildman–Crippen MR) is 139 cm³/mol. The zero-order valence-corrected chi connectivity index (χ0v) is 21.4. The molecule has 2 aliphatic rings. The minimum absolute atomic E-state index is 0.00884. The lowest BCUT2D eigenvalue weighted by Gasteiger charge is -2.27. The van der Waals surface area contributed by atoms with E-state index in [0.29, 0.717) is 39.0 Å². The fourth-order valence-electron chi connectivity index (χ4n) is 4.97. The number of morpholine rings is 1. The summed E-state index contributed by atoms with van der Waals surface area (Å²) in [7, 11) is -3.86. The van der Waals surface area contributed by atoms with Crippen LogP contribution in [0.3, 0.4) is 0 Å². The zero-order chi connectivity index (χ0) is 25.8. The Morgan fingerprint density at radius 2 is 1.78 bits per heavy atom. The van der Waals surface area contributed by atoms with Gasteiger partial charge in [0.05, 0.1) is 24.2 Å². The lowest BCUT2D eigenvalue weighted by atomic mass is 9.99. The molecule has 2 aromatic carbocycles. The largest absolute Gasteiger partial charge is 0.378 e. The van der Waals surface area contributed by atoms with Crippen LogP contribution >= 0.6 is 0 Å². The van der Waals surface area contributed by atoms with Crippen LogP contribution in [0.15, 0.2) is 71.8 Å². The second-order valence-electron chi connectivity index (χ2n) is 9.40. The molecule has 0 radical (unpaired) electrons. The number of pyridine rings is 1. The molecule has 0 saturated carbocycles. The monoisotopic (exact) mass is 523 g/mol. The number of halogens is 1. The van der Waals surface area contributed by atoms with Crippen molar-refractivity contribution in [2.45, 2.75) is 36.6 Å². The first kappa shape index (κ1) is 25.5. The normalized spacial score (nSPS) is 18.7. The van der Waals surface area contributed by atoms with E-state index in [-0.39, 0.29) is 17.1 Å². The van der Waals surface area contributed by atoms with Crippen molar-refractivity contribution in [1.29, 1.82) is 0 Å². The molecule has 3 aromatic rings. The number of aryl methyl sites for hydroxylation is 1. The Kier molecular flexibility index (Phi) is 7.64. The topological polar surface area (TPSA) is 79.8 Å². The number of hydrogen-bond donors (Lipinski definition) is 0. The number of benzene rings is 2. The number of carbonyl (C=O) groups excluding carboxylic acids is 1. The molecule has 9 heteroatoms. The van der Waals surface area contributed by atoms with Crippen LogP contribution in [0, 0.1) is 5.82 Å². The minimum atomic E-state index is -3.86. The van der Waals surface area contributed by atoms with Gasteiger partial charge >= 0.3 is 0 Å². The predicted octanol–water partition coefficient (Wildman–Crippen LogP) is 4.08. The Bertz CT molecular complexity index is 1340. The van der Waals surface area contributed by atoms with E-state index in [0.717, 1.165) is 47.7 Å². The molecule has 1 aromatic heterocycles. The number of hydrogen-bond acceptors (Lipinski definition) is 6. The molecule has 194 valence electrons. The van der Waals surface area contributed by atoms with E-state index in [1.54, 1.807) is 0 Å². The molecule has 0 amide bonds. The molecular formula is C28H30FN3O4S. The van der Waals surface area contributed by atoms with E-state index in [2.05, 4.69) is 22.0 Å². The van der Waals surface area contributed by atoms with E-state index >= 15 is 0 Å². The van der Waals surface area contributed by atoms with E-state index in [1.807, 2.05) is 30.5 Å². The molecule has 0 aliphatic carbocycles. The van der Waals surface area contributed by atoms with Crippen molar-refractivity contribution >= 4 is 21.6 Å². The summed E-state index contributed by atoms with van der Waals surface area (Å²) in [4.78, 5) is 20.0. The highest BCUT2D eigenvalue weighted by molar-refractivity contribution is 7.89. The summed E-state index contributed by atoms with van der Waals surface area (Å²) in [6.07, 6.45) is 3.76. The molecule has 0 bridgehead atoms. The maximum absolute atomic E-state index is 13.3. The molecular weight excluding hydrogens is 493 g/mol. The number of ether oxygens (including phenoxy) is 1. The van der Waals surface area contributed by atoms with Gasteiger partial charge in [0.1, 0.15) is 11.6 Å². The first-order valence-corrected chi connectivity index (χ1v) is 14.0. The smallest absolute Gasteiger partial charge is 0.243 e. The summed E-state index contributed by atoms with van der Waals surface area (Å²) in [5.74, 6) is 0.342. The van der Waals surface area contributed by atoms with Crippen LogP contribution in [0.5, 0.6) is 0 Å². The Balaban J connectivity index is 1.23. The second-order valence-corrected chi connectivity index (χ2v) is 11.3. The molecule has 3 heterocycles. The molecule has 0 spiro atoms. The van der Waals surface area contributed by atoms with Crippen molar-refractivity contribution in [2.24, 2.45) is 0 Å². The Hall–Kier alpha value is -3.14. The first-order valence-electron chi connectivity index (χ1n) is 12.6. The molecule has 2 aliphatic heterocycles. The van der Waals surface area contributed by atoms with Crippen molar-refractivity contribution in [2.75, 3.05) is 37.7 Å². The highest BCUT2D eigenvalue weighted by Gasteiger charge is 2.38. The van der Waals surface area contributed by atoms with Crippen LogP contribution in [0.25, 0.3) is 11.1 Å². The Morgan fingerprint density at radius 1 is 1.00 bits per heavy atom. The summed E-state index contributed by atoms with van der Waals surface area (Å²) in [5.41, 5.74) is 3.03. The summed E-state index contributed by atoms with van der Waals surface area (Å²) in [5, 5.41) is 0. The zero-order valence-electron chi connectivity index (χ0n) is 20.6. The molecule has 7 nitrogen and oxygen atoms in total. The minimum Gasteiger partial charge on any atom is -0.378 e. The van der Waals surface area contributed by atoms with Gasteiger partial charge in [-0.15, -0.1) is 0 Å². The van der Waals surface area contributed by atoms with Gasteiger partial charge in [0.25, 0.3) is 0 Å². The standard InChI is InChI=1S/C28H30FN3O4S/c29-24-8-10-25(11-9-24)37(34,35)32-14-2-5-26(32)27(33)12-6-21-3-1-4-22(19-21)23-7-13-28(30-20-23)31-15-17-36-18-16-31/h1,3-4,7-11,13,19-20,26H,2,5-6,12,14-18H2/t26-/m0/s1. The SMILES string of the molecule is O=C(CCc1cccc(-c2ccc(N3CCOCC3)nc2)c1)[C@@H]1CCCN1S(=O)(=O)c1ccc(F)cc1. The third-order valence-electron chi connectivity index (χ3n) is 7.00. The second kappa shape index (κ2) is 11.1. The fourth-order valence-corrected chi connectivity index (χ4v) is 6.65. The number of carbonyl (C=O) groups is 1.